The van der Waals surface area contributed by atoms with Crippen LogP contribution in [0.25, 0.3) is 0 Å². The summed E-state index contributed by atoms with van der Waals surface area (Å²) >= 11 is 6.10. The van der Waals surface area contributed by atoms with Crippen LogP contribution in [0.5, 0.6) is 0 Å². The van der Waals surface area contributed by atoms with Gasteiger partial charge in [0.1, 0.15) is 0 Å². The van der Waals surface area contributed by atoms with Gasteiger partial charge in [-0.1, -0.05) is 48.0 Å². The first-order chi connectivity index (χ1) is 19.8. The fourth-order valence-electron chi connectivity index (χ4n) is 5.52. The predicted molar refractivity (Wildman–Crippen MR) is 164 cm³/mol. The summed E-state index contributed by atoms with van der Waals surface area (Å²) in [7, 11) is -1.58. The van der Waals surface area contributed by atoms with E-state index in [1.807, 2.05) is 17.0 Å². The third-order valence-electron chi connectivity index (χ3n) is 7.78. The Morgan fingerprint density at radius 2 is 1.56 bits per heavy atom. The van der Waals surface area contributed by atoms with Crippen molar-refractivity contribution in [3.8, 4) is 0 Å². The largest absolute Gasteiger partial charge is 0.368 e. The highest BCUT2D eigenvalue weighted by Gasteiger charge is 2.32. The predicted octanol–water partition coefficient (Wildman–Crippen LogP) is 6.25. The maximum atomic E-state index is 13.9. The van der Waals surface area contributed by atoms with Crippen LogP contribution >= 0.6 is 11.6 Å². The summed E-state index contributed by atoms with van der Waals surface area (Å²) in [6, 6.07) is 25.9. The first kappa shape index (κ1) is 27.2. The molecule has 0 radical (unpaired) electrons. The number of aryl methyl sites for hydroxylation is 2. The van der Waals surface area contributed by atoms with E-state index in [0.29, 0.717) is 44.7 Å². The molecule has 0 aromatic heterocycles. The fourth-order valence-corrected chi connectivity index (χ4v) is 6.99. The lowest BCUT2D eigenvalue weighted by molar-refractivity contribution is 0.0746. The molecule has 208 valence electrons. The number of anilines is 2. The number of fused-ring (bicyclic) bond motifs is 2. The van der Waals surface area contributed by atoms with Gasteiger partial charge in [-0.15, -0.1) is 0 Å². The lowest BCUT2D eigenvalue weighted by Gasteiger charge is -2.37. The van der Waals surface area contributed by atoms with Crippen LogP contribution < -0.4 is 9.80 Å². The molecule has 6 nitrogen and oxygen atoms in total. The van der Waals surface area contributed by atoms with Gasteiger partial charge in [0, 0.05) is 42.5 Å². The van der Waals surface area contributed by atoms with E-state index >= 15 is 0 Å². The highest BCUT2D eigenvalue weighted by Crippen LogP contribution is 2.36. The van der Waals surface area contributed by atoms with Crippen molar-refractivity contribution in [2.24, 2.45) is 0 Å². The minimum Gasteiger partial charge on any atom is -0.368 e. The number of carbonyl (C=O) groups excluding carboxylic acids is 2. The Morgan fingerprint density at radius 1 is 0.829 bits per heavy atom. The van der Waals surface area contributed by atoms with Crippen LogP contribution in [0.3, 0.4) is 0 Å². The van der Waals surface area contributed by atoms with E-state index in [-0.39, 0.29) is 18.4 Å². The minimum atomic E-state index is -1.58. The maximum Gasteiger partial charge on any atom is 0.259 e. The summed E-state index contributed by atoms with van der Waals surface area (Å²) in [5.74, 6) is -0.353. The second-order valence-corrected chi connectivity index (χ2v) is 12.4. The number of halogens is 1. The maximum absolute atomic E-state index is 13.9. The first-order valence-corrected chi connectivity index (χ1v) is 15.2. The smallest absolute Gasteiger partial charge is 0.259 e. The van der Waals surface area contributed by atoms with Crippen LogP contribution in [-0.2, 0) is 17.3 Å². The van der Waals surface area contributed by atoms with E-state index in [0.717, 1.165) is 18.7 Å². The van der Waals surface area contributed by atoms with Crippen molar-refractivity contribution < 1.29 is 13.8 Å². The molecule has 1 fully saturated rings. The quantitative estimate of drug-likeness (QED) is 0.285. The van der Waals surface area contributed by atoms with Crippen LogP contribution in [0.4, 0.5) is 11.4 Å². The number of benzene rings is 4. The van der Waals surface area contributed by atoms with Crippen molar-refractivity contribution in [1.82, 2.24) is 4.90 Å². The van der Waals surface area contributed by atoms with E-state index in [1.54, 1.807) is 59.5 Å². The van der Waals surface area contributed by atoms with Crippen LogP contribution in [0, 0.1) is 13.8 Å². The first-order valence-electron chi connectivity index (χ1n) is 13.6. The number of hydrogen-bond donors (Lipinski definition) is 0. The molecule has 2 aliphatic rings. The van der Waals surface area contributed by atoms with E-state index in [9.17, 15) is 13.8 Å². The van der Waals surface area contributed by atoms with Crippen LogP contribution in [0.1, 0.15) is 37.4 Å². The molecule has 0 N–H and O–H groups in total. The van der Waals surface area contributed by atoms with Gasteiger partial charge in [0.2, 0.25) is 0 Å². The van der Waals surface area contributed by atoms with Gasteiger partial charge in [-0.3, -0.25) is 9.59 Å². The van der Waals surface area contributed by atoms with Gasteiger partial charge in [-0.25, -0.2) is 4.21 Å². The van der Waals surface area contributed by atoms with Crippen LogP contribution in [0.2, 0.25) is 5.02 Å². The van der Waals surface area contributed by atoms with Crippen molar-refractivity contribution in [3.63, 3.8) is 0 Å². The molecule has 0 spiro atoms. The van der Waals surface area contributed by atoms with E-state index in [1.165, 1.54) is 16.8 Å². The van der Waals surface area contributed by atoms with Crippen molar-refractivity contribution in [3.05, 3.63) is 118 Å². The summed E-state index contributed by atoms with van der Waals surface area (Å²) < 4.78 is 13.7. The number of hydrogen-bond acceptors (Lipinski definition) is 4. The number of piperazine rings is 1. The lowest BCUT2D eigenvalue weighted by atomic mass is 10.1. The molecule has 2 aliphatic heterocycles. The molecule has 2 amide bonds. The molecule has 2 heterocycles. The summed E-state index contributed by atoms with van der Waals surface area (Å²) in [5, 5.41) is 0.605. The fraction of sp³-hybridized carbons (Fsp3) is 0.212. The third-order valence-corrected chi connectivity index (χ3v) is 9.54. The van der Waals surface area contributed by atoms with Gasteiger partial charge in [0.05, 0.1) is 38.4 Å². The third kappa shape index (κ3) is 5.27. The number of rotatable bonds is 4. The van der Waals surface area contributed by atoms with Gasteiger partial charge in [0.25, 0.3) is 11.8 Å². The molecule has 6 rings (SSSR count). The van der Waals surface area contributed by atoms with Gasteiger partial charge in [0.15, 0.2) is 0 Å². The monoisotopic (exact) mass is 583 g/mol. The van der Waals surface area contributed by atoms with Gasteiger partial charge in [-0.05, 0) is 79.1 Å². The highest BCUT2D eigenvalue weighted by molar-refractivity contribution is 7.85. The Balaban J connectivity index is 1.31. The summed E-state index contributed by atoms with van der Waals surface area (Å²) in [5.41, 5.74) is 5.87. The lowest BCUT2D eigenvalue weighted by Crippen LogP contribution is -2.49. The molecule has 1 saturated heterocycles. The standard InChI is InChI=1S/C33H30ClN3O3S/c1-22-7-8-23(2)28(19-22)35-15-17-36(18-16-35)32(38)25-11-14-31-29(20-25)37(21-24-9-12-26(34)13-10-24)33(39)27-5-3-4-6-30(27)41(31)40/h3-14,19-20H,15-18,21H2,1-2H3. The highest BCUT2D eigenvalue weighted by atomic mass is 35.5. The van der Waals surface area contributed by atoms with Gasteiger partial charge >= 0.3 is 0 Å². The van der Waals surface area contributed by atoms with Gasteiger partial charge < -0.3 is 14.7 Å². The molecule has 1 atom stereocenters. The summed E-state index contributed by atoms with van der Waals surface area (Å²) in [4.78, 5) is 34.4. The molecular weight excluding hydrogens is 554 g/mol. The average Bonchev–Trinajstić information content (AvgIpc) is 3.08. The number of carbonyl (C=O) groups is 2. The molecule has 0 aliphatic carbocycles. The Labute approximate surface area is 247 Å². The van der Waals surface area contributed by atoms with E-state index < -0.39 is 10.8 Å². The van der Waals surface area contributed by atoms with Crippen LogP contribution in [-0.4, -0.2) is 47.1 Å². The zero-order valence-electron chi connectivity index (χ0n) is 23.0. The second-order valence-electron chi connectivity index (χ2n) is 10.5. The number of nitrogens with zero attached hydrogens (tertiary/aromatic N) is 3. The number of amides is 2. The second kappa shape index (κ2) is 11.1. The van der Waals surface area contributed by atoms with Crippen molar-refractivity contribution in [2.75, 3.05) is 36.0 Å². The Kier molecular flexibility index (Phi) is 7.41. The topological polar surface area (TPSA) is 60.9 Å². The van der Waals surface area contributed by atoms with Crippen molar-refractivity contribution in [2.45, 2.75) is 30.2 Å². The molecule has 41 heavy (non-hydrogen) atoms. The molecule has 1 unspecified atom stereocenters. The molecule has 8 heteroatoms. The Hall–Kier alpha value is -3.94. The molecule has 0 bridgehead atoms. The average molecular weight is 584 g/mol. The summed E-state index contributed by atoms with van der Waals surface area (Å²) in [6.07, 6.45) is 0. The molecule has 0 saturated carbocycles. The van der Waals surface area contributed by atoms with Crippen molar-refractivity contribution in [1.29, 1.82) is 0 Å². The van der Waals surface area contributed by atoms with Gasteiger partial charge in [-0.2, -0.15) is 0 Å². The Morgan fingerprint density at radius 3 is 2.32 bits per heavy atom. The van der Waals surface area contributed by atoms with E-state index in [4.69, 9.17) is 11.6 Å². The van der Waals surface area contributed by atoms with Crippen molar-refractivity contribution >= 4 is 45.6 Å². The zero-order chi connectivity index (χ0) is 28.7. The summed E-state index contributed by atoms with van der Waals surface area (Å²) in [6.45, 7) is 7.11. The Bertz CT molecular complexity index is 1680. The molecule has 4 aromatic rings. The normalized spacial score (nSPS) is 16.7. The van der Waals surface area contributed by atoms with Crippen LogP contribution in [0.15, 0.2) is 94.7 Å². The zero-order valence-corrected chi connectivity index (χ0v) is 24.5. The molecule has 4 aromatic carbocycles. The van der Waals surface area contributed by atoms with E-state index in [2.05, 4.69) is 36.9 Å². The molecular formula is C33H30ClN3O3S. The SMILES string of the molecule is Cc1ccc(C)c(N2CCN(C(=O)c3ccc4c(c3)N(Cc3ccc(Cl)cc3)C(=O)c3ccccc3S4=O)CC2)c1. The minimum absolute atomic E-state index is 0.0974.